The third-order valence-corrected chi connectivity index (χ3v) is 13.6. The smallest absolute Gasteiger partial charge is 0.255 e. The molecular weight excluding hydrogens is 950 g/mol. The number of anilines is 3. The van der Waals surface area contributed by atoms with Crippen LogP contribution in [0.15, 0.2) is 71.3 Å². The normalized spacial score (nSPS) is 16.4. The summed E-state index contributed by atoms with van der Waals surface area (Å²) in [7, 11) is 3.39. The number of amides is 5. The number of nitrogens with one attached hydrogen (secondary N) is 2. The number of ether oxygens (including phenoxy) is 1. The highest BCUT2D eigenvalue weighted by atomic mass is 79.9. The minimum Gasteiger partial charge on any atom is -0.496 e. The van der Waals surface area contributed by atoms with Crippen LogP contribution in [0.3, 0.4) is 0 Å². The van der Waals surface area contributed by atoms with Crippen LogP contribution in [0.5, 0.6) is 5.75 Å². The Kier molecular flexibility index (Phi) is 17.9. The van der Waals surface area contributed by atoms with Crippen LogP contribution in [0.1, 0.15) is 147 Å². The highest BCUT2D eigenvalue weighted by Crippen LogP contribution is 2.38. The molecule has 0 bridgehead atoms. The Morgan fingerprint density at radius 2 is 1.57 bits per heavy atom. The van der Waals surface area contributed by atoms with Gasteiger partial charge in [0.05, 0.1) is 18.7 Å². The molecule has 362 valence electrons. The summed E-state index contributed by atoms with van der Waals surface area (Å²) in [4.78, 5) is 91.7. The molecule has 3 aliphatic heterocycles. The molecule has 0 saturated carbocycles. The van der Waals surface area contributed by atoms with Crippen LogP contribution < -0.4 is 25.2 Å². The van der Waals surface area contributed by atoms with Crippen molar-refractivity contribution < 1.29 is 33.5 Å². The van der Waals surface area contributed by atoms with Gasteiger partial charge < -0.3 is 24.8 Å². The fourth-order valence-corrected chi connectivity index (χ4v) is 9.62. The molecule has 1 aromatic heterocycles. The van der Waals surface area contributed by atoms with Crippen molar-refractivity contribution in [3.63, 3.8) is 0 Å². The number of hydrogen-bond acceptors (Lipinski definition) is 10. The number of nitrogens with zero attached hydrogens (tertiary/aromatic N) is 5. The number of fused-ring (bicyclic) bond motifs is 2. The average Bonchev–Trinajstić information content (AvgIpc) is 3.62. The summed E-state index contributed by atoms with van der Waals surface area (Å²) in [6, 6.07) is 18.3. The van der Waals surface area contributed by atoms with Crippen LogP contribution in [0.2, 0.25) is 0 Å². The molecule has 4 heterocycles. The van der Waals surface area contributed by atoms with Crippen LogP contribution >= 0.6 is 28.3 Å². The van der Waals surface area contributed by atoms with Crippen molar-refractivity contribution >= 4 is 80.8 Å². The number of ketones is 1. The van der Waals surface area contributed by atoms with Crippen LogP contribution in [-0.2, 0) is 38.7 Å². The Bertz CT molecular complexity index is 2500. The minimum absolute atomic E-state index is 0. The molecule has 1 saturated heterocycles. The van der Waals surface area contributed by atoms with Gasteiger partial charge in [-0.15, -0.1) is 12.4 Å². The topological polar surface area (TPSA) is 171 Å². The fourth-order valence-electron chi connectivity index (χ4n) is 9.36. The van der Waals surface area contributed by atoms with Gasteiger partial charge in [-0.25, -0.2) is 9.97 Å². The van der Waals surface area contributed by atoms with Crippen molar-refractivity contribution in [2.45, 2.75) is 129 Å². The van der Waals surface area contributed by atoms with Gasteiger partial charge in [-0.2, -0.15) is 0 Å². The number of carbonyl (C=O) groups is 6. The zero-order valence-corrected chi connectivity index (χ0v) is 41.9. The summed E-state index contributed by atoms with van der Waals surface area (Å²) in [6.45, 7) is 5.21. The van der Waals surface area contributed by atoms with Gasteiger partial charge in [-0.3, -0.25) is 34.1 Å². The maximum absolute atomic E-state index is 13.5. The van der Waals surface area contributed by atoms with Gasteiger partial charge in [0.1, 0.15) is 23.3 Å². The largest absolute Gasteiger partial charge is 0.496 e. The van der Waals surface area contributed by atoms with Crippen molar-refractivity contribution in [1.82, 2.24) is 20.2 Å². The molecule has 3 aliphatic rings. The van der Waals surface area contributed by atoms with Crippen LogP contribution in [-0.4, -0.2) is 76.9 Å². The maximum atomic E-state index is 13.5. The van der Waals surface area contributed by atoms with Gasteiger partial charge in [0.2, 0.25) is 23.6 Å². The first-order chi connectivity index (χ1) is 32.2. The lowest BCUT2D eigenvalue weighted by Gasteiger charge is -2.29. The minimum atomic E-state index is -0.699. The number of carbonyl (C=O) groups excluding carboxylic acids is 6. The summed E-state index contributed by atoms with van der Waals surface area (Å²) < 4.78 is 6.77. The van der Waals surface area contributed by atoms with Crippen LogP contribution in [0.25, 0.3) is 0 Å². The standard InChI is InChI=1S/C52H62BrN7O7.ClH/c1-52(2)33-59(31-34-20-24-37(53)25-21-34)48-42(58(3)51(52)66)30-54-45(56-48)29-36-23-22-35(28-44(36)67-4)43(61)18-13-11-9-7-5-6-8-10-12-14-19-46(62)55-40-17-15-16-38-39(40)32-60(50(38)65)41-26-27-47(63)57-49(41)64;/h15-17,20-25,28,30,41H,5-14,18-19,26-27,29,31-33H2,1-4H3,(H,55,62)(H,57,63,64);1H. The molecule has 14 nitrogen and oxygen atoms in total. The van der Waals surface area contributed by atoms with Gasteiger partial charge in [0.15, 0.2) is 11.6 Å². The highest BCUT2D eigenvalue weighted by Gasteiger charge is 2.41. The van der Waals surface area contributed by atoms with Gasteiger partial charge in [0.25, 0.3) is 5.91 Å². The number of unbranched alkanes of at least 4 members (excludes halogenated alkanes) is 9. The molecule has 68 heavy (non-hydrogen) atoms. The Morgan fingerprint density at radius 1 is 0.897 bits per heavy atom. The first kappa shape index (κ1) is 51.7. The van der Waals surface area contributed by atoms with Crippen molar-refractivity contribution in [3.8, 4) is 5.75 Å². The molecule has 16 heteroatoms. The van der Waals surface area contributed by atoms with E-state index in [-0.39, 0.29) is 54.8 Å². The van der Waals surface area contributed by atoms with E-state index in [2.05, 4.69) is 48.6 Å². The van der Waals surface area contributed by atoms with E-state index < -0.39 is 17.4 Å². The molecule has 2 N–H and O–H groups in total. The molecule has 0 spiro atoms. The molecule has 4 aromatic rings. The average molecular weight is 1010 g/mol. The van der Waals surface area contributed by atoms with E-state index in [9.17, 15) is 28.8 Å². The second-order valence-corrected chi connectivity index (χ2v) is 19.6. The fraction of sp³-hybridized carbons (Fsp3) is 0.462. The lowest BCUT2D eigenvalue weighted by molar-refractivity contribution is -0.137. The highest BCUT2D eigenvalue weighted by molar-refractivity contribution is 9.10. The van der Waals surface area contributed by atoms with Gasteiger partial charge >= 0.3 is 0 Å². The first-order valence-corrected chi connectivity index (χ1v) is 24.4. The molecule has 7 rings (SSSR count). The van der Waals surface area contributed by atoms with E-state index >= 15 is 0 Å². The van der Waals surface area contributed by atoms with Crippen molar-refractivity contribution in [1.29, 1.82) is 0 Å². The maximum Gasteiger partial charge on any atom is 0.255 e. The molecule has 0 radical (unpaired) electrons. The van der Waals surface area contributed by atoms with Crippen molar-refractivity contribution in [2.75, 3.05) is 35.8 Å². The van der Waals surface area contributed by atoms with E-state index in [1.54, 1.807) is 43.5 Å². The predicted octanol–water partition coefficient (Wildman–Crippen LogP) is 9.53. The molecular formula is C52H63BrClN7O7. The van der Waals surface area contributed by atoms with E-state index in [4.69, 9.17) is 9.72 Å². The van der Waals surface area contributed by atoms with Crippen LogP contribution in [0, 0.1) is 5.41 Å². The molecule has 1 unspecified atom stereocenters. The molecule has 1 fully saturated rings. The zero-order chi connectivity index (χ0) is 47.7. The summed E-state index contributed by atoms with van der Waals surface area (Å²) in [5.41, 5.74) is 4.39. The Hall–Kier alpha value is -5.67. The number of hydrogen-bond donors (Lipinski definition) is 2. The third kappa shape index (κ3) is 12.7. The number of imide groups is 1. The van der Waals surface area contributed by atoms with Gasteiger partial charge in [-0.1, -0.05) is 97.6 Å². The van der Waals surface area contributed by atoms with E-state index in [0.29, 0.717) is 84.2 Å². The molecule has 5 amide bonds. The monoisotopic (exact) mass is 1010 g/mol. The summed E-state index contributed by atoms with van der Waals surface area (Å²) >= 11 is 3.52. The lowest BCUT2D eigenvalue weighted by atomic mass is 9.91. The lowest BCUT2D eigenvalue weighted by Crippen LogP contribution is -2.52. The number of piperidine rings is 1. The third-order valence-electron chi connectivity index (χ3n) is 13.1. The van der Waals surface area contributed by atoms with Gasteiger partial charge in [0, 0.05) is 84.8 Å². The zero-order valence-electron chi connectivity index (χ0n) is 39.5. The molecule has 1 atom stereocenters. The number of Topliss-reactive ketones (excluding diaryl/α,β-unsaturated/α-hetero) is 1. The molecule has 0 aliphatic carbocycles. The number of benzene rings is 3. The number of aromatic nitrogens is 2. The summed E-state index contributed by atoms with van der Waals surface area (Å²) in [6.07, 6.45) is 13.7. The van der Waals surface area contributed by atoms with Gasteiger partial charge in [-0.05, 0) is 69.0 Å². The predicted molar refractivity (Wildman–Crippen MR) is 268 cm³/mol. The van der Waals surface area contributed by atoms with E-state index in [0.717, 1.165) is 79.8 Å². The molecule has 3 aromatic carbocycles. The SMILES string of the molecule is COc1cc(C(=O)CCCCCCCCCCCCC(=O)Nc2cccc3c2CN(C2CCC(=O)NC2=O)C3=O)ccc1Cc1ncc2c(n1)N(Cc1ccc(Br)cc1)CC(C)(C)C(=O)N2C.Cl. The van der Waals surface area contributed by atoms with Crippen LogP contribution in [0.4, 0.5) is 17.2 Å². The summed E-state index contributed by atoms with van der Waals surface area (Å²) in [5.74, 6) is 0.866. The van der Waals surface area contributed by atoms with E-state index in [1.165, 1.54) is 4.90 Å². The number of rotatable bonds is 21. The Morgan fingerprint density at radius 3 is 2.25 bits per heavy atom. The van der Waals surface area contributed by atoms with E-state index in [1.807, 2.05) is 44.2 Å². The number of halogens is 2. The Balaban J connectivity index is 0.00000761. The first-order valence-electron chi connectivity index (χ1n) is 23.6. The summed E-state index contributed by atoms with van der Waals surface area (Å²) in [5, 5.41) is 5.30. The number of methoxy groups -OCH3 is 1. The second-order valence-electron chi connectivity index (χ2n) is 18.7. The quantitative estimate of drug-likeness (QED) is 0.0466. The van der Waals surface area contributed by atoms with Crippen molar-refractivity contribution in [3.05, 3.63) is 105 Å². The Labute approximate surface area is 413 Å². The van der Waals surface area contributed by atoms with Crippen molar-refractivity contribution in [2.24, 2.45) is 5.41 Å². The second kappa shape index (κ2) is 23.6.